The zero-order chi connectivity index (χ0) is 19.4. The lowest BCUT2D eigenvalue weighted by atomic mass is 10.0. The van der Waals surface area contributed by atoms with Gasteiger partial charge in [-0.2, -0.15) is 0 Å². The van der Waals surface area contributed by atoms with Gasteiger partial charge in [-0.05, 0) is 49.9 Å². The Kier molecular flexibility index (Phi) is 5.73. The van der Waals surface area contributed by atoms with Gasteiger partial charge < -0.3 is 20.3 Å². The minimum atomic E-state index is -0.637. The largest absolute Gasteiger partial charge is 0.452 e. The third-order valence-corrected chi connectivity index (χ3v) is 4.97. The van der Waals surface area contributed by atoms with Crippen molar-refractivity contribution in [1.29, 1.82) is 0 Å². The second-order valence-corrected chi connectivity index (χ2v) is 6.77. The van der Waals surface area contributed by atoms with Crippen molar-refractivity contribution >= 4 is 29.4 Å². The van der Waals surface area contributed by atoms with Crippen LogP contribution in [0.3, 0.4) is 0 Å². The fourth-order valence-electron chi connectivity index (χ4n) is 3.52. The second kappa shape index (κ2) is 8.20. The number of nitrogens with two attached hydrogens (primary N) is 1. The average Bonchev–Trinajstić information content (AvgIpc) is 3.11. The molecular formula is C19H23N3O5. The smallest absolute Gasteiger partial charge is 0.338 e. The SMILES string of the molecule is NC(=O)[C@@H]1CCCCN1C(=O)COC(=O)c1ccc(N2CCCC2=O)cc1. The summed E-state index contributed by atoms with van der Waals surface area (Å²) < 4.78 is 5.09. The van der Waals surface area contributed by atoms with Gasteiger partial charge in [0.05, 0.1) is 5.56 Å². The molecule has 2 saturated heterocycles. The molecule has 27 heavy (non-hydrogen) atoms. The fourth-order valence-corrected chi connectivity index (χ4v) is 3.52. The summed E-state index contributed by atoms with van der Waals surface area (Å²) in [4.78, 5) is 50.8. The van der Waals surface area contributed by atoms with E-state index in [1.165, 1.54) is 4.90 Å². The number of anilines is 1. The molecule has 0 spiro atoms. The molecule has 1 aromatic carbocycles. The number of piperidine rings is 1. The third kappa shape index (κ3) is 4.27. The Morgan fingerprint density at radius 2 is 1.81 bits per heavy atom. The van der Waals surface area contributed by atoms with Crippen molar-refractivity contribution in [3.05, 3.63) is 29.8 Å². The number of amides is 3. The molecule has 0 bridgehead atoms. The monoisotopic (exact) mass is 373 g/mol. The quantitative estimate of drug-likeness (QED) is 0.769. The lowest BCUT2D eigenvalue weighted by Crippen LogP contribution is -2.51. The van der Waals surface area contributed by atoms with Gasteiger partial charge in [-0.1, -0.05) is 0 Å². The van der Waals surface area contributed by atoms with E-state index < -0.39 is 30.4 Å². The highest BCUT2D eigenvalue weighted by Gasteiger charge is 2.31. The Morgan fingerprint density at radius 1 is 1.07 bits per heavy atom. The molecule has 2 fully saturated rings. The van der Waals surface area contributed by atoms with Crippen molar-refractivity contribution in [3.8, 4) is 0 Å². The molecule has 1 atom stereocenters. The van der Waals surface area contributed by atoms with Crippen molar-refractivity contribution in [2.75, 3.05) is 24.6 Å². The Morgan fingerprint density at radius 3 is 2.44 bits per heavy atom. The second-order valence-electron chi connectivity index (χ2n) is 6.77. The minimum Gasteiger partial charge on any atom is -0.452 e. The lowest BCUT2D eigenvalue weighted by molar-refractivity contribution is -0.143. The Labute approximate surface area is 157 Å². The molecule has 8 heteroatoms. The first-order valence-corrected chi connectivity index (χ1v) is 9.13. The molecule has 0 aromatic heterocycles. The Bertz CT molecular complexity index is 746. The van der Waals surface area contributed by atoms with Gasteiger partial charge in [0.2, 0.25) is 11.8 Å². The maximum absolute atomic E-state index is 12.3. The number of carbonyl (C=O) groups excluding carboxylic acids is 4. The van der Waals surface area contributed by atoms with E-state index in [1.807, 2.05) is 0 Å². The first-order valence-electron chi connectivity index (χ1n) is 9.13. The number of hydrogen-bond donors (Lipinski definition) is 1. The Hall–Kier alpha value is -2.90. The summed E-state index contributed by atoms with van der Waals surface area (Å²) >= 11 is 0. The first kappa shape index (κ1) is 18.9. The fraction of sp³-hybridized carbons (Fsp3) is 0.474. The summed E-state index contributed by atoms with van der Waals surface area (Å²) in [5.74, 6) is -1.52. The zero-order valence-electron chi connectivity index (χ0n) is 15.1. The Balaban J connectivity index is 1.56. The van der Waals surface area contributed by atoms with E-state index in [0.717, 1.165) is 24.9 Å². The summed E-state index contributed by atoms with van der Waals surface area (Å²) in [5.41, 5.74) is 6.38. The molecule has 0 aliphatic carbocycles. The molecule has 8 nitrogen and oxygen atoms in total. The predicted octanol–water partition coefficient (Wildman–Crippen LogP) is 0.837. The van der Waals surface area contributed by atoms with E-state index in [0.29, 0.717) is 31.5 Å². The van der Waals surface area contributed by atoms with E-state index in [2.05, 4.69) is 0 Å². The standard InChI is InChI=1S/C19H23N3O5/c20-18(25)15-4-1-2-10-22(15)17(24)12-27-19(26)13-6-8-14(9-7-13)21-11-3-5-16(21)23/h6-9,15H,1-5,10-12H2,(H2,20,25)/t15-/m0/s1. The summed E-state index contributed by atoms with van der Waals surface area (Å²) in [6.07, 6.45) is 3.52. The number of benzene rings is 1. The number of ether oxygens (including phenoxy) is 1. The highest BCUT2D eigenvalue weighted by Crippen LogP contribution is 2.22. The number of rotatable bonds is 5. The predicted molar refractivity (Wildman–Crippen MR) is 96.9 cm³/mol. The van der Waals surface area contributed by atoms with Crippen molar-refractivity contribution in [3.63, 3.8) is 0 Å². The van der Waals surface area contributed by atoms with Crippen LogP contribution in [-0.4, -0.2) is 54.3 Å². The maximum Gasteiger partial charge on any atom is 0.338 e. The first-order chi connectivity index (χ1) is 13.0. The molecule has 3 rings (SSSR count). The number of carbonyl (C=O) groups is 4. The molecule has 0 radical (unpaired) electrons. The van der Waals surface area contributed by atoms with Crippen molar-refractivity contribution in [2.24, 2.45) is 5.73 Å². The summed E-state index contributed by atoms with van der Waals surface area (Å²) in [6, 6.07) is 5.88. The van der Waals surface area contributed by atoms with Crippen LogP contribution in [0.25, 0.3) is 0 Å². The molecule has 1 aromatic rings. The highest BCUT2D eigenvalue weighted by molar-refractivity contribution is 5.96. The van der Waals surface area contributed by atoms with E-state index in [1.54, 1.807) is 29.2 Å². The zero-order valence-corrected chi connectivity index (χ0v) is 15.1. The van der Waals surface area contributed by atoms with Crippen molar-refractivity contribution in [2.45, 2.75) is 38.1 Å². The van der Waals surface area contributed by atoms with Crippen LogP contribution in [0.5, 0.6) is 0 Å². The van der Waals surface area contributed by atoms with Gasteiger partial charge in [0.25, 0.3) is 5.91 Å². The molecule has 2 aliphatic rings. The van der Waals surface area contributed by atoms with Crippen LogP contribution >= 0.6 is 0 Å². The van der Waals surface area contributed by atoms with Gasteiger partial charge in [-0.25, -0.2) is 4.79 Å². The van der Waals surface area contributed by atoms with Gasteiger partial charge in [-0.3, -0.25) is 14.4 Å². The molecular weight excluding hydrogens is 350 g/mol. The van der Waals surface area contributed by atoms with Crippen LogP contribution in [0.1, 0.15) is 42.5 Å². The lowest BCUT2D eigenvalue weighted by Gasteiger charge is -2.33. The van der Waals surface area contributed by atoms with Crippen molar-refractivity contribution in [1.82, 2.24) is 4.90 Å². The molecule has 2 heterocycles. The number of esters is 1. The van der Waals surface area contributed by atoms with E-state index in [9.17, 15) is 19.2 Å². The van der Waals surface area contributed by atoms with Crippen molar-refractivity contribution < 1.29 is 23.9 Å². The van der Waals surface area contributed by atoms with Crippen LogP contribution < -0.4 is 10.6 Å². The number of primary amides is 1. The maximum atomic E-state index is 12.3. The molecule has 0 saturated carbocycles. The van der Waals surface area contributed by atoms with Crippen LogP contribution in [0.15, 0.2) is 24.3 Å². The number of likely N-dealkylation sites (tertiary alicyclic amines) is 1. The van der Waals surface area contributed by atoms with Gasteiger partial charge in [0.1, 0.15) is 6.04 Å². The molecule has 2 N–H and O–H groups in total. The topological polar surface area (TPSA) is 110 Å². The van der Waals surface area contributed by atoms with Gasteiger partial charge >= 0.3 is 5.97 Å². The van der Waals surface area contributed by atoms with E-state index in [4.69, 9.17) is 10.5 Å². The number of hydrogen-bond acceptors (Lipinski definition) is 5. The summed E-state index contributed by atoms with van der Waals surface area (Å²) in [5, 5.41) is 0. The normalized spacial score (nSPS) is 19.9. The van der Waals surface area contributed by atoms with Crippen LogP contribution in [0.2, 0.25) is 0 Å². The van der Waals surface area contributed by atoms with Gasteiger partial charge in [-0.15, -0.1) is 0 Å². The summed E-state index contributed by atoms with van der Waals surface area (Å²) in [6.45, 7) is 0.672. The average molecular weight is 373 g/mol. The van der Waals surface area contributed by atoms with Crippen LogP contribution in [0.4, 0.5) is 5.69 Å². The van der Waals surface area contributed by atoms with E-state index in [-0.39, 0.29) is 5.91 Å². The molecule has 0 unspecified atom stereocenters. The number of nitrogens with zero attached hydrogens (tertiary/aromatic N) is 2. The molecule has 144 valence electrons. The molecule has 2 aliphatic heterocycles. The van der Waals surface area contributed by atoms with Crippen LogP contribution in [-0.2, 0) is 19.1 Å². The molecule has 3 amide bonds. The van der Waals surface area contributed by atoms with Crippen LogP contribution in [0, 0.1) is 0 Å². The third-order valence-electron chi connectivity index (χ3n) is 4.97. The van der Waals surface area contributed by atoms with Gasteiger partial charge in [0.15, 0.2) is 6.61 Å². The van der Waals surface area contributed by atoms with E-state index >= 15 is 0 Å². The van der Waals surface area contributed by atoms with Gasteiger partial charge in [0, 0.05) is 25.2 Å². The highest BCUT2D eigenvalue weighted by atomic mass is 16.5. The minimum absolute atomic E-state index is 0.0708. The summed E-state index contributed by atoms with van der Waals surface area (Å²) in [7, 11) is 0.